The first kappa shape index (κ1) is 16.6. The van der Waals surface area contributed by atoms with Gasteiger partial charge in [-0.3, -0.25) is 9.78 Å². The van der Waals surface area contributed by atoms with Crippen LogP contribution in [-0.2, 0) is 9.53 Å². The number of nitrogens with zero attached hydrogens (tertiary/aromatic N) is 1. The summed E-state index contributed by atoms with van der Waals surface area (Å²) in [6, 6.07) is 16.3. The van der Waals surface area contributed by atoms with Crippen LogP contribution in [0.25, 0.3) is 16.5 Å². The predicted octanol–water partition coefficient (Wildman–Crippen LogP) is 3.96. The van der Waals surface area contributed by atoms with Gasteiger partial charge < -0.3 is 4.74 Å². The topological polar surface area (TPSA) is 56.3 Å². The molecule has 0 aliphatic carbocycles. The number of ether oxygens (including phenoxy) is 1. The Bertz CT molecular complexity index is 991. The van der Waals surface area contributed by atoms with Crippen molar-refractivity contribution in [2.75, 3.05) is 7.11 Å². The molecule has 1 heterocycles. The van der Waals surface area contributed by atoms with E-state index in [0.29, 0.717) is 33.3 Å². The number of esters is 1. The second-order valence-corrected chi connectivity index (χ2v) is 5.63. The van der Waals surface area contributed by atoms with E-state index in [2.05, 4.69) is 11.6 Å². The number of rotatable bonds is 4. The number of ketones is 1. The van der Waals surface area contributed by atoms with Gasteiger partial charge in [-0.1, -0.05) is 55.1 Å². The Morgan fingerprint density at radius 3 is 2.28 bits per heavy atom. The Balaban J connectivity index is 2.34. The number of carbonyl (C=O) groups excluding carboxylic acids is 2. The van der Waals surface area contributed by atoms with Crippen LogP contribution >= 0.6 is 0 Å². The van der Waals surface area contributed by atoms with E-state index in [4.69, 9.17) is 4.74 Å². The molecule has 4 nitrogen and oxygen atoms in total. The van der Waals surface area contributed by atoms with Crippen LogP contribution in [0.15, 0.2) is 61.2 Å². The second kappa shape index (κ2) is 6.69. The third kappa shape index (κ3) is 2.94. The van der Waals surface area contributed by atoms with E-state index in [9.17, 15) is 9.59 Å². The van der Waals surface area contributed by atoms with Crippen LogP contribution in [0.1, 0.15) is 27.2 Å². The number of para-hydroxylation sites is 1. The summed E-state index contributed by atoms with van der Waals surface area (Å²) >= 11 is 0. The monoisotopic (exact) mass is 331 g/mol. The fraction of sp³-hybridized carbons (Fsp3) is 0.0952. The Morgan fingerprint density at radius 2 is 1.60 bits per heavy atom. The minimum absolute atomic E-state index is 0.142. The van der Waals surface area contributed by atoms with E-state index in [1.165, 1.54) is 7.11 Å². The van der Waals surface area contributed by atoms with Gasteiger partial charge in [-0.15, -0.1) is 0 Å². The van der Waals surface area contributed by atoms with Gasteiger partial charge in [-0.05, 0) is 13.0 Å². The number of hydrogen-bond donors (Lipinski definition) is 0. The minimum atomic E-state index is -0.571. The summed E-state index contributed by atoms with van der Waals surface area (Å²) in [6.07, 6.45) is 0. The van der Waals surface area contributed by atoms with Gasteiger partial charge in [0.15, 0.2) is 5.78 Å². The van der Waals surface area contributed by atoms with Crippen molar-refractivity contribution in [3.63, 3.8) is 0 Å². The van der Waals surface area contributed by atoms with Crippen molar-refractivity contribution >= 4 is 28.2 Å². The molecular formula is C21H17NO3. The van der Waals surface area contributed by atoms with Crippen molar-refractivity contribution in [3.8, 4) is 0 Å². The smallest absolute Gasteiger partial charge is 0.337 e. The molecule has 0 saturated carbocycles. The second-order valence-electron chi connectivity index (χ2n) is 5.63. The predicted molar refractivity (Wildman–Crippen MR) is 97.4 cm³/mol. The summed E-state index contributed by atoms with van der Waals surface area (Å²) < 4.78 is 4.83. The van der Waals surface area contributed by atoms with E-state index < -0.39 is 5.97 Å². The van der Waals surface area contributed by atoms with Crippen LogP contribution in [0, 0.1) is 6.92 Å². The first-order valence-electron chi connectivity index (χ1n) is 7.81. The molecule has 3 rings (SSSR count). The average Bonchev–Trinajstić information content (AvgIpc) is 2.65. The summed E-state index contributed by atoms with van der Waals surface area (Å²) in [4.78, 5) is 29.8. The number of aromatic nitrogens is 1. The van der Waals surface area contributed by atoms with Crippen molar-refractivity contribution < 1.29 is 14.3 Å². The molecule has 0 aliphatic rings. The molecule has 1 aromatic heterocycles. The number of methoxy groups -OCH3 is 1. The van der Waals surface area contributed by atoms with Crippen molar-refractivity contribution in [1.82, 2.24) is 4.98 Å². The third-order valence-electron chi connectivity index (χ3n) is 4.07. The van der Waals surface area contributed by atoms with Crippen molar-refractivity contribution in [2.45, 2.75) is 6.92 Å². The maximum absolute atomic E-state index is 13.1. The molecule has 25 heavy (non-hydrogen) atoms. The summed E-state index contributed by atoms with van der Waals surface area (Å²) in [5.41, 5.74) is 2.77. The van der Waals surface area contributed by atoms with Gasteiger partial charge in [0.1, 0.15) is 0 Å². The Hall–Kier alpha value is -3.27. The molecule has 0 bridgehead atoms. The number of benzene rings is 2. The fourth-order valence-corrected chi connectivity index (χ4v) is 2.89. The van der Waals surface area contributed by atoms with Crippen LogP contribution in [0.2, 0.25) is 0 Å². The highest BCUT2D eigenvalue weighted by Gasteiger charge is 2.24. The molecule has 124 valence electrons. The van der Waals surface area contributed by atoms with E-state index in [1.54, 1.807) is 31.2 Å². The number of hydrogen-bond acceptors (Lipinski definition) is 4. The lowest BCUT2D eigenvalue weighted by Gasteiger charge is -2.15. The van der Waals surface area contributed by atoms with Gasteiger partial charge in [0.2, 0.25) is 0 Å². The minimum Gasteiger partial charge on any atom is -0.465 e. The first-order chi connectivity index (χ1) is 12.0. The lowest BCUT2D eigenvalue weighted by Crippen LogP contribution is -2.13. The molecule has 0 atom stereocenters. The van der Waals surface area contributed by atoms with Gasteiger partial charge >= 0.3 is 5.97 Å². The van der Waals surface area contributed by atoms with Crippen LogP contribution in [-0.4, -0.2) is 23.8 Å². The molecule has 0 saturated heterocycles. The SMILES string of the molecule is C=C(C(=O)OC)c1c(C(=O)c2ccccc2)c(C)nc2ccccc12. The molecule has 2 aromatic carbocycles. The zero-order chi connectivity index (χ0) is 18.0. The maximum atomic E-state index is 13.1. The largest absolute Gasteiger partial charge is 0.465 e. The molecule has 4 heteroatoms. The quantitative estimate of drug-likeness (QED) is 0.412. The Morgan fingerprint density at radius 1 is 0.960 bits per heavy atom. The van der Waals surface area contributed by atoms with Crippen molar-refractivity contribution in [1.29, 1.82) is 0 Å². The maximum Gasteiger partial charge on any atom is 0.337 e. The molecular weight excluding hydrogens is 314 g/mol. The summed E-state index contributed by atoms with van der Waals surface area (Å²) in [6.45, 7) is 5.63. The van der Waals surface area contributed by atoms with E-state index in [-0.39, 0.29) is 11.4 Å². The highest BCUT2D eigenvalue weighted by atomic mass is 16.5. The lowest BCUT2D eigenvalue weighted by atomic mass is 9.90. The number of fused-ring (bicyclic) bond motifs is 1. The van der Waals surface area contributed by atoms with Gasteiger partial charge in [0.25, 0.3) is 0 Å². The van der Waals surface area contributed by atoms with Crippen LogP contribution in [0.5, 0.6) is 0 Å². The summed E-state index contributed by atoms with van der Waals surface area (Å²) in [7, 11) is 1.29. The first-order valence-corrected chi connectivity index (χ1v) is 7.81. The Kier molecular flexibility index (Phi) is 4.44. The lowest BCUT2D eigenvalue weighted by molar-refractivity contribution is -0.133. The zero-order valence-electron chi connectivity index (χ0n) is 14.1. The third-order valence-corrected chi connectivity index (χ3v) is 4.07. The summed E-state index contributed by atoms with van der Waals surface area (Å²) in [5, 5.41) is 0.697. The number of carbonyl (C=O) groups is 2. The molecule has 0 radical (unpaired) electrons. The van der Waals surface area contributed by atoms with Crippen molar-refractivity contribution in [2.24, 2.45) is 0 Å². The van der Waals surface area contributed by atoms with Gasteiger partial charge in [-0.2, -0.15) is 0 Å². The molecule has 0 N–H and O–H groups in total. The number of aryl methyl sites for hydroxylation is 1. The molecule has 0 fully saturated rings. The fourth-order valence-electron chi connectivity index (χ4n) is 2.89. The van der Waals surface area contributed by atoms with Crippen LogP contribution < -0.4 is 0 Å². The standard InChI is InChI=1S/C21H17NO3/c1-13(21(24)25-3)18-16-11-7-8-12-17(16)22-14(2)19(18)20(23)15-9-5-4-6-10-15/h4-12H,1H2,2-3H3. The summed E-state index contributed by atoms with van der Waals surface area (Å²) in [5.74, 6) is -0.769. The highest BCUT2D eigenvalue weighted by molar-refractivity contribution is 6.25. The van der Waals surface area contributed by atoms with Crippen molar-refractivity contribution in [3.05, 3.63) is 83.6 Å². The molecule has 3 aromatic rings. The van der Waals surface area contributed by atoms with Gasteiger partial charge in [-0.25, -0.2) is 4.79 Å². The van der Waals surface area contributed by atoms with Gasteiger partial charge in [0, 0.05) is 22.2 Å². The van der Waals surface area contributed by atoms with E-state index >= 15 is 0 Å². The molecule has 0 unspecified atom stereocenters. The average molecular weight is 331 g/mol. The zero-order valence-corrected chi connectivity index (χ0v) is 14.1. The van der Waals surface area contributed by atoms with Crippen LogP contribution in [0.4, 0.5) is 0 Å². The van der Waals surface area contributed by atoms with E-state index in [1.807, 2.05) is 30.3 Å². The molecule has 0 spiro atoms. The number of pyridine rings is 1. The van der Waals surface area contributed by atoms with Crippen LogP contribution in [0.3, 0.4) is 0 Å². The normalized spacial score (nSPS) is 10.5. The highest BCUT2D eigenvalue weighted by Crippen LogP contribution is 2.31. The molecule has 0 amide bonds. The Labute approximate surface area is 145 Å². The molecule has 0 aliphatic heterocycles. The van der Waals surface area contributed by atoms with E-state index in [0.717, 1.165) is 0 Å². The van der Waals surface area contributed by atoms with Gasteiger partial charge in [0.05, 0.1) is 23.8 Å².